The second kappa shape index (κ2) is 3.17. The smallest absolute Gasteiger partial charge is 0.149 e. The fourth-order valence-electron chi connectivity index (χ4n) is 1.77. The van der Waals surface area contributed by atoms with Crippen LogP contribution in [0.4, 0.5) is 0 Å². The first-order chi connectivity index (χ1) is 7.34. The molecule has 0 saturated carbocycles. The van der Waals surface area contributed by atoms with Crippen molar-refractivity contribution in [1.29, 1.82) is 0 Å². The monoisotopic (exact) mass is 214 g/mol. The van der Waals surface area contributed by atoms with E-state index in [1.807, 2.05) is 30.3 Å². The number of benzene rings is 2. The van der Waals surface area contributed by atoms with Crippen LogP contribution in [-0.2, 0) is 0 Å². The molecule has 2 nitrogen and oxygen atoms in total. The number of halogens is 1. The van der Waals surface area contributed by atoms with E-state index in [1.54, 1.807) is 0 Å². The summed E-state index contributed by atoms with van der Waals surface area (Å²) in [6.45, 7) is 0. The molecule has 3 aromatic rings. The fraction of sp³-hybridized carbons (Fsp3) is 0. The van der Waals surface area contributed by atoms with Gasteiger partial charge < -0.3 is 0 Å². The van der Waals surface area contributed by atoms with Crippen molar-refractivity contribution in [3.63, 3.8) is 0 Å². The lowest BCUT2D eigenvalue weighted by Crippen LogP contribution is -1.85. The summed E-state index contributed by atoms with van der Waals surface area (Å²) in [5.74, 6) is 0. The molecule has 0 spiro atoms. The zero-order chi connectivity index (χ0) is 10.3. The van der Waals surface area contributed by atoms with Crippen molar-refractivity contribution in [1.82, 2.24) is 10.2 Å². The first-order valence-electron chi connectivity index (χ1n) is 4.65. The van der Waals surface area contributed by atoms with Gasteiger partial charge in [-0.25, -0.2) is 0 Å². The molecule has 15 heavy (non-hydrogen) atoms. The minimum Gasteiger partial charge on any atom is -0.149 e. The van der Waals surface area contributed by atoms with Crippen molar-refractivity contribution in [3.8, 4) is 0 Å². The third-order valence-electron chi connectivity index (χ3n) is 2.46. The Balaban J connectivity index is 2.57. The lowest BCUT2D eigenvalue weighted by Gasteiger charge is -2.01. The molecule has 1 heterocycles. The molecule has 1 aromatic heterocycles. The molecule has 3 rings (SSSR count). The van der Waals surface area contributed by atoms with Gasteiger partial charge in [0.25, 0.3) is 0 Å². The lowest BCUT2D eigenvalue weighted by molar-refractivity contribution is 1.08. The summed E-state index contributed by atoms with van der Waals surface area (Å²) in [6, 6.07) is 14.0. The van der Waals surface area contributed by atoms with Crippen LogP contribution in [0.2, 0.25) is 5.15 Å². The van der Waals surface area contributed by atoms with Crippen molar-refractivity contribution in [2.45, 2.75) is 0 Å². The average molecular weight is 215 g/mol. The van der Waals surface area contributed by atoms with Crippen LogP contribution in [0.15, 0.2) is 42.5 Å². The molecule has 0 fully saturated rings. The number of rotatable bonds is 0. The molecule has 3 heteroatoms. The first-order valence-corrected chi connectivity index (χ1v) is 5.03. The molecule has 0 bridgehead atoms. The molecular weight excluding hydrogens is 208 g/mol. The summed E-state index contributed by atoms with van der Waals surface area (Å²) < 4.78 is 0. The van der Waals surface area contributed by atoms with Gasteiger partial charge in [0.2, 0.25) is 0 Å². The average Bonchev–Trinajstić information content (AvgIpc) is 2.29. The summed E-state index contributed by atoms with van der Waals surface area (Å²) >= 11 is 5.85. The fourth-order valence-corrected chi connectivity index (χ4v) is 1.92. The number of fused-ring (bicyclic) bond motifs is 3. The van der Waals surface area contributed by atoms with E-state index >= 15 is 0 Å². The molecule has 0 unspecified atom stereocenters. The Morgan fingerprint density at radius 3 is 2.67 bits per heavy atom. The van der Waals surface area contributed by atoms with Crippen LogP contribution in [0.1, 0.15) is 0 Å². The molecular formula is C12H7ClN2. The van der Waals surface area contributed by atoms with Crippen LogP contribution < -0.4 is 0 Å². The van der Waals surface area contributed by atoms with E-state index < -0.39 is 0 Å². The highest BCUT2D eigenvalue weighted by Crippen LogP contribution is 2.24. The molecule has 0 aliphatic rings. The predicted molar refractivity (Wildman–Crippen MR) is 62.1 cm³/mol. The van der Waals surface area contributed by atoms with Gasteiger partial charge in [-0.1, -0.05) is 41.9 Å². The number of hydrogen-bond donors (Lipinski definition) is 0. The van der Waals surface area contributed by atoms with Crippen LogP contribution in [-0.4, -0.2) is 10.2 Å². The highest BCUT2D eigenvalue weighted by Gasteiger charge is 2.02. The van der Waals surface area contributed by atoms with Gasteiger partial charge in [-0.3, -0.25) is 0 Å². The van der Waals surface area contributed by atoms with Crippen molar-refractivity contribution >= 4 is 33.3 Å². The van der Waals surface area contributed by atoms with E-state index in [4.69, 9.17) is 11.6 Å². The Morgan fingerprint density at radius 1 is 0.867 bits per heavy atom. The number of nitrogens with zero attached hydrogens (tertiary/aromatic N) is 2. The quantitative estimate of drug-likeness (QED) is 0.536. The Hall–Kier alpha value is -1.67. The molecule has 0 amide bonds. The molecule has 0 N–H and O–H groups in total. The van der Waals surface area contributed by atoms with Crippen LogP contribution in [0.3, 0.4) is 0 Å². The molecule has 0 atom stereocenters. The number of hydrogen-bond acceptors (Lipinski definition) is 2. The summed E-state index contributed by atoms with van der Waals surface area (Å²) in [7, 11) is 0. The summed E-state index contributed by atoms with van der Waals surface area (Å²) in [5, 5.41) is 11.7. The largest absolute Gasteiger partial charge is 0.152 e. The Labute approximate surface area is 91.5 Å². The molecule has 0 radical (unpaired) electrons. The first kappa shape index (κ1) is 8.62. The second-order valence-corrected chi connectivity index (χ2v) is 3.77. The van der Waals surface area contributed by atoms with Gasteiger partial charge >= 0.3 is 0 Å². The Kier molecular flexibility index (Phi) is 1.82. The zero-order valence-corrected chi connectivity index (χ0v) is 8.57. The minimum absolute atomic E-state index is 0.429. The zero-order valence-electron chi connectivity index (χ0n) is 7.81. The van der Waals surface area contributed by atoms with Crippen LogP contribution in [0.5, 0.6) is 0 Å². The standard InChI is InChI=1S/C12H7ClN2/c13-12-7-10-9-4-2-1-3-8(9)5-6-11(10)14-15-12/h1-7H. The van der Waals surface area contributed by atoms with E-state index in [9.17, 15) is 0 Å². The minimum atomic E-state index is 0.429. The maximum atomic E-state index is 5.85. The Bertz CT molecular complexity index is 649. The molecule has 0 aliphatic carbocycles. The topological polar surface area (TPSA) is 25.8 Å². The number of aromatic nitrogens is 2. The van der Waals surface area contributed by atoms with Crippen molar-refractivity contribution in [2.75, 3.05) is 0 Å². The van der Waals surface area contributed by atoms with Crippen LogP contribution in [0, 0.1) is 0 Å². The highest BCUT2D eigenvalue weighted by atomic mass is 35.5. The summed E-state index contributed by atoms with van der Waals surface area (Å²) in [5.41, 5.74) is 0.873. The van der Waals surface area contributed by atoms with Gasteiger partial charge in [-0.15, -0.1) is 10.2 Å². The molecule has 2 aromatic carbocycles. The van der Waals surface area contributed by atoms with Crippen LogP contribution >= 0.6 is 11.6 Å². The van der Waals surface area contributed by atoms with E-state index in [1.165, 1.54) is 5.39 Å². The molecule has 72 valence electrons. The van der Waals surface area contributed by atoms with E-state index in [2.05, 4.69) is 22.3 Å². The van der Waals surface area contributed by atoms with Gasteiger partial charge in [0, 0.05) is 5.39 Å². The molecule has 0 aliphatic heterocycles. The van der Waals surface area contributed by atoms with E-state index in [-0.39, 0.29) is 0 Å². The van der Waals surface area contributed by atoms with Crippen molar-refractivity contribution in [2.24, 2.45) is 0 Å². The predicted octanol–water partition coefficient (Wildman–Crippen LogP) is 3.44. The summed E-state index contributed by atoms with van der Waals surface area (Å²) in [4.78, 5) is 0. The third kappa shape index (κ3) is 1.34. The van der Waals surface area contributed by atoms with Gasteiger partial charge in [0.05, 0.1) is 5.52 Å². The van der Waals surface area contributed by atoms with Gasteiger partial charge in [-0.2, -0.15) is 0 Å². The third-order valence-corrected chi connectivity index (χ3v) is 2.65. The second-order valence-electron chi connectivity index (χ2n) is 3.39. The van der Waals surface area contributed by atoms with Gasteiger partial charge in [0.1, 0.15) is 0 Å². The van der Waals surface area contributed by atoms with Crippen molar-refractivity contribution < 1.29 is 0 Å². The maximum Gasteiger partial charge on any atom is 0.152 e. The van der Waals surface area contributed by atoms with Crippen LogP contribution in [0.25, 0.3) is 21.7 Å². The summed E-state index contributed by atoms with van der Waals surface area (Å²) in [6.07, 6.45) is 0. The normalized spacial score (nSPS) is 11.0. The molecule has 0 saturated heterocycles. The maximum absolute atomic E-state index is 5.85. The van der Waals surface area contributed by atoms with Gasteiger partial charge in [-0.05, 0) is 22.9 Å². The van der Waals surface area contributed by atoms with E-state index in [0.717, 1.165) is 16.3 Å². The van der Waals surface area contributed by atoms with Gasteiger partial charge in [0.15, 0.2) is 5.15 Å². The van der Waals surface area contributed by atoms with Crippen molar-refractivity contribution in [3.05, 3.63) is 47.6 Å². The SMILES string of the molecule is Clc1cc2c(ccc3ccccc32)nn1. The highest BCUT2D eigenvalue weighted by molar-refractivity contribution is 6.30. The Morgan fingerprint density at radius 2 is 1.73 bits per heavy atom. The lowest BCUT2D eigenvalue weighted by atomic mass is 10.1. The van der Waals surface area contributed by atoms with E-state index in [0.29, 0.717) is 5.15 Å².